The molecule has 2 aromatic rings. The predicted molar refractivity (Wildman–Crippen MR) is 129 cm³/mol. The Bertz CT molecular complexity index is 1030. The van der Waals surface area contributed by atoms with Crippen LogP contribution >= 0.6 is 0 Å². The zero-order valence-electron chi connectivity index (χ0n) is 20.2. The first-order valence-corrected chi connectivity index (χ1v) is 12.5. The molecule has 35 heavy (non-hydrogen) atoms. The minimum atomic E-state index is -4.41. The number of halogens is 3. The fourth-order valence-corrected chi connectivity index (χ4v) is 5.35. The number of nitrogens with one attached hydrogen (secondary N) is 1. The van der Waals surface area contributed by atoms with Crippen LogP contribution in [0.2, 0.25) is 0 Å². The largest absolute Gasteiger partial charge is 0.462 e. The molecule has 0 spiro atoms. The summed E-state index contributed by atoms with van der Waals surface area (Å²) in [7, 11) is 2.10. The van der Waals surface area contributed by atoms with Crippen molar-refractivity contribution in [1.82, 2.24) is 20.2 Å². The highest BCUT2D eigenvalue weighted by molar-refractivity contribution is 5.58. The van der Waals surface area contributed by atoms with Crippen LogP contribution in [0.3, 0.4) is 0 Å². The molecule has 4 heterocycles. The van der Waals surface area contributed by atoms with Gasteiger partial charge in [0.05, 0.1) is 17.8 Å². The van der Waals surface area contributed by atoms with Gasteiger partial charge in [-0.2, -0.15) is 23.1 Å². The van der Waals surface area contributed by atoms with Crippen LogP contribution in [0.15, 0.2) is 24.3 Å². The number of piperazine rings is 1. The summed E-state index contributed by atoms with van der Waals surface area (Å²) in [4.78, 5) is 16.0. The van der Waals surface area contributed by atoms with Gasteiger partial charge in [0, 0.05) is 50.0 Å². The number of hydrogen-bond acceptors (Lipinski definition) is 7. The highest BCUT2D eigenvalue weighted by atomic mass is 19.4. The molecule has 1 N–H and O–H groups in total. The number of benzene rings is 1. The van der Waals surface area contributed by atoms with Crippen molar-refractivity contribution in [2.75, 3.05) is 62.7 Å². The van der Waals surface area contributed by atoms with Crippen LogP contribution in [0.4, 0.5) is 24.7 Å². The third-order valence-corrected chi connectivity index (χ3v) is 7.29. The Hall–Kier alpha value is -2.59. The van der Waals surface area contributed by atoms with Gasteiger partial charge in [-0.1, -0.05) is 12.1 Å². The summed E-state index contributed by atoms with van der Waals surface area (Å²) < 4.78 is 47.4. The number of alkyl halides is 3. The molecule has 0 saturated carbocycles. The Labute approximate surface area is 204 Å². The maximum absolute atomic E-state index is 13.8. The standard InChI is InChI=1S/C25H33F3N6O/c1-32-12-4-6-18(32)17-35-24-30-21-16-34(22-9-3-2-8-20(22)25(26,27)28)13-5-7-19(21)23(31-24)33-14-10-29-11-15-33/h2-3,8-9,18,29H,4-7,10-17H2,1H3/t18-/m0/s1. The fraction of sp³-hybridized carbons (Fsp3) is 0.600. The second-order valence-corrected chi connectivity index (χ2v) is 9.62. The summed E-state index contributed by atoms with van der Waals surface area (Å²) >= 11 is 0. The minimum Gasteiger partial charge on any atom is -0.462 e. The average Bonchev–Trinajstić information content (AvgIpc) is 3.14. The number of hydrogen-bond donors (Lipinski definition) is 1. The van der Waals surface area contributed by atoms with E-state index in [-0.39, 0.29) is 5.69 Å². The van der Waals surface area contributed by atoms with Crippen molar-refractivity contribution in [1.29, 1.82) is 0 Å². The number of rotatable bonds is 5. The van der Waals surface area contributed by atoms with Gasteiger partial charge < -0.3 is 24.8 Å². The van der Waals surface area contributed by atoms with Gasteiger partial charge in [-0.15, -0.1) is 0 Å². The van der Waals surface area contributed by atoms with Crippen LogP contribution in [0.5, 0.6) is 6.01 Å². The molecule has 0 amide bonds. The van der Waals surface area contributed by atoms with E-state index in [9.17, 15) is 13.2 Å². The van der Waals surface area contributed by atoms with Gasteiger partial charge in [0.15, 0.2) is 0 Å². The second-order valence-electron chi connectivity index (χ2n) is 9.62. The number of para-hydroxylation sites is 1. The predicted octanol–water partition coefficient (Wildman–Crippen LogP) is 3.33. The van der Waals surface area contributed by atoms with E-state index in [4.69, 9.17) is 14.7 Å². The molecule has 5 rings (SSSR count). The van der Waals surface area contributed by atoms with Crippen LogP contribution < -0.4 is 19.9 Å². The molecule has 1 atom stereocenters. The Morgan fingerprint density at radius 2 is 1.83 bits per heavy atom. The highest BCUT2D eigenvalue weighted by Crippen LogP contribution is 2.38. The monoisotopic (exact) mass is 490 g/mol. The van der Waals surface area contributed by atoms with Gasteiger partial charge in [0.1, 0.15) is 12.4 Å². The first-order chi connectivity index (χ1) is 16.9. The smallest absolute Gasteiger partial charge is 0.418 e. The van der Waals surface area contributed by atoms with Crippen molar-refractivity contribution in [2.24, 2.45) is 0 Å². The molecule has 0 unspecified atom stereocenters. The summed E-state index contributed by atoms with van der Waals surface area (Å²) in [5, 5.41) is 3.37. The molecule has 0 aliphatic carbocycles. The number of likely N-dealkylation sites (N-methyl/N-ethyl adjacent to an activating group) is 1. The minimum absolute atomic E-state index is 0.199. The van der Waals surface area contributed by atoms with E-state index >= 15 is 0 Å². The summed E-state index contributed by atoms with van der Waals surface area (Å²) in [6.07, 6.45) is -0.728. The Kier molecular flexibility index (Phi) is 7.02. The quantitative estimate of drug-likeness (QED) is 0.690. The zero-order chi connectivity index (χ0) is 24.4. The van der Waals surface area contributed by atoms with Crippen LogP contribution in [0.1, 0.15) is 36.1 Å². The lowest BCUT2D eigenvalue weighted by Gasteiger charge is -2.31. The van der Waals surface area contributed by atoms with E-state index in [0.29, 0.717) is 31.7 Å². The van der Waals surface area contributed by atoms with Crippen LogP contribution in [-0.4, -0.2) is 73.8 Å². The SMILES string of the molecule is CN1CCC[C@H]1COc1nc2c(c(N3CCNCC3)n1)CCCN(c1ccccc1C(F)(F)F)C2. The number of anilines is 2. The maximum atomic E-state index is 13.8. The number of fused-ring (bicyclic) bond motifs is 1. The van der Waals surface area contributed by atoms with Gasteiger partial charge in [-0.25, -0.2) is 0 Å². The molecular formula is C25H33F3N6O. The highest BCUT2D eigenvalue weighted by Gasteiger charge is 2.35. The lowest BCUT2D eigenvalue weighted by Crippen LogP contribution is -2.44. The van der Waals surface area contributed by atoms with E-state index in [1.54, 1.807) is 17.0 Å². The van der Waals surface area contributed by atoms with Crippen molar-refractivity contribution in [3.05, 3.63) is 41.1 Å². The van der Waals surface area contributed by atoms with E-state index < -0.39 is 11.7 Å². The summed E-state index contributed by atoms with van der Waals surface area (Å²) in [5.41, 5.74) is 1.38. The molecule has 7 nitrogen and oxygen atoms in total. The molecule has 1 aromatic heterocycles. The number of likely N-dealkylation sites (tertiary alicyclic amines) is 1. The molecule has 10 heteroatoms. The molecule has 190 valence electrons. The summed E-state index contributed by atoms with van der Waals surface area (Å²) in [6.45, 7) is 5.77. The van der Waals surface area contributed by atoms with Crippen molar-refractivity contribution >= 4 is 11.5 Å². The van der Waals surface area contributed by atoms with E-state index in [2.05, 4.69) is 22.2 Å². The topological polar surface area (TPSA) is 56.8 Å². The fourth-order valence-electron chi connectivity index (χ4n) is 5.35. The lowest BCUT2D eigenvalue weighted by atomic mass is 10.1. The first kappa shape index (κ1) is 24.1. The molecule has 2 fully saturated rings. The van der Waals surface area contributed by atoms with E-state index in [1.165, 1.54) is 6.07 Å². The molecule has 1 aromatic carbocycles. The van der Waals surface area contributed by atoms with Gasteiger partial charge in [0.2, 0.25) is 0 Å². The van der Waals surface area contributed by atoms with Crippen LogP contribution in [0, 0.1) is 0 Å². The Morgan fingerprint density at radius 1 is 1.03 bits per heavy atom. The van der Waals surface area contributed by atoms with Gasteiger partial charge in [-0.05, 0) is 51.4 Å². The Morgan fingerprint density at radius 3 is 2.57 bits per heavy atom. The molecule has 0 bridgehead atoms. The third kappa shape index (κ3) is 5.33. The molecule has 3 aliphatic rings. The first-order valence-electron chi connectivity index (χ1n) is 12.5. The van der Waals surface area contributed by atoms with Crippen molar-refractivity contribution in [3.63, 3.8) is 0 Å². The van der Waals surface area contributed by atoms with Crippen molar-refractivity contribution in [2.45, 2.75) is 44.4 Å². The molecule has 3 aliphatic heterocycles. The summed E-state index contributed by atoms with van der Waals surface area (Å²) in [6, 6.07) is 6.46. The maximum Gasteiger partial charge on any atom is 0.418 e. The van der Waals surface area contributed by atoms with Gasteiger partial charge in [0.25, 0.3) is 0 Å². The molecule has 2 saturated heterocycles. The number of ether oxygens (including phenoxy) is 1. The molecule has 0 radical (unpaired) electrons. The second kappa shape index (κ2) is 10.2. The average molecular weight is 491 g/mol. The number of aromatic nitrogens is 2. The normalized spacial score (nSPS) is 21.7. The van der Waals surface area contributed by atoms with E-state index in [0.717, 1.165) is 81.5 Å². The molecular weight excluding hydrogens is 457 g/mol. The van der Waals surface area contributed by atoms with Gasteiger partial charge in [-0.3, -0.25) is 0 Å². The zero-order valence-corrected chi connectivity index (χ0v) is 20.2. The Balaban J connectivity index is 1.48. The summed E-state index contributed by atoms with van der Waals surface area (Å²) in [5.74, 6) is 0.872. The van der Waals surface area contributed by atoms with Crippen molar-refractivity contribution in [3.8, 4) is 6.01 Å². The third-order valence-electron chi connectivity index (χ3n) is 7.29. The number of nitrogens with zero attached hydrogens (tertiary/aromatic N) is 5. The van der Waals surface area contributed by atoms with Crippen LogP contribution in [0.25, 0.3) is 0 Å². The lowest BCUT2D eigenvalue weighted by molar-refractivity contribution is -0.137. The van der Waals surface area contributed by atoms with Crippen molar-refractivity contribution < 1.29 is 17.9 Å². The van der Waals surface area contributed by atoms with Crippen LogP contribution in [-0.2, 0) is 19.1 Å². The van der Waals surface area contributed by atoms with E-state index in [1.807, 2.05) is 0 Å². The van der Waals surface area contributed by atoms with Gasteiger partial charge >= 0.3 is 12.2 Å².